The summed E-state index contributed by atoms with van der Waals surface area (Å²) in [6.07, 6.45) is 17.7. The monoisotopic (exact) mass is 496 g/mol. The number of carbonyl (C=O) groups is 3. The van der Waals surface area contributed by atoms with Crippen LogP contribution < -0.4 is 10.2 Å². The first-order valence-electron chi connectivity index (χ1n) is 10.1. The largest absolute Gasteiger partial charge is 2.00 e. The summed E-state index contributed by atoms with van der Waals surface area (Å²) in [4.78, 5) is 40.7. The third-order valence-electron chi connectivity index (χ3n) is 5.25. The van der Waals surface area contributed by atoms with E-state index in [0.29, 0.717) is 12.3 Å². The molecule has 0 spiro atoms. The summed E-state index contributed by atoms with van der Waals surface area (Å²) in [5.41, 5.74) is 0. The maximum atomic E-state index is 12.2. The van der Waals surface area contributed by atoms with Crippen LogP contribution in [0.4, 0.5) is 0 Å². The maximum Gasteiger partial charge on any atom is 2.00 e. The van der Waals surface area contributed by atoms with Gasteiger partial charge in [0, 0.05) is 17.1 Å². The SMILES string of the molecule is CC1(C)S[C@@H]2[C@H](N=C([O-])CCCC(=O)[C]3[CH][CH][CH][CH]3)C(=O)N2[C@H]1C(=O)[O-].[CH]1[CH][CH][CH][CH]1.[Fe+2]. The molecule has 0 aromatic heterocycles. The predicted octanol–water partition coefficient (Wildman–Crippen LogP) is 0.0896. The molecule has 0 aromatic rings. The van der Waals surface area contributed by atoms with Crippen LogP contribution in [0.2, 0.25) is 0 Å². The summed E-state index contributed by atoms with van der Waals surface area (Å²) in [5, 5.41) is 22.9. The molecule has 10 radical (unpaired) electrons. The second kappa shape index (κ2) is 11.9. The zero-order valence-corrected chi connectivity index (χ0v) is 19.7. The van der Waals surface area contributed by atoms with Gasteiger partial charge in [0.2, 0.25) is 0 Å². The molecule has 4 aliphatic rings. The van der Waals surface area contributed by atoms with Crippen molar-refractivity contribution in [3.05, 3.63) is 63.7 Å². The molecule has 0 unspecified atom stereocenters. The Morgan fingerprint density at radius 2 is 1.59 bits per heavy atom. The standard InChI is InChI=1S/C18H21N2O5S.C5H5.Fe/c1-18(2)14(17(24)25)20-15(23)13(16(20)26-18)19-12(22)9-5-8-11(21)10-6-3-4-7-10;1-2-4-5-3-1;/h3-4,6-7,13-14,16H,5,8-9H2,1-2H3,(H,19,22)(H,24,25);1-5H;/q;;+2/p-2/t13-,14+,16-;;/m1../s1. The van der Waals surface area contributed by atoms with Gasteiger partial charge >= 0.3 is 17.1 Å². The molecule has 2 aliphatic carbocycles. The number of nitrogens with zero attached hydrogens (tertiary/aromatic N) is 2. The fourth-order valence-electron chi connectivity index (χ4n) is 3.74. The van der Waals surface area contributed by atoms with Crippen LogP contribution in [0.1, 0.15) is 33.1 Å². The van der Waals surface area contributed by atoms with Crippen LogP contribution in [-0.4, -0.2) is 50.7 Å². The molecule has 3 atom stereocenters. The van der Waals surface area contributed by atoms with Gasteiger partial charge < -0.3 is 19.9 Å². The van der Waals surface area contributed by atoms with Crippen LogP contribution in [0.15, 0.2) is 4.99 Å². The molecule has 0 N–H and O–H groups in total. The Morgan fingerprint density at radius 1 is 1.03 bits per heavy atom. The number of carbonyl (C=O) groups excluding carboxylic acids is 3. The summed E-state index contributed by atoms with van der Waals surface area (Å²) in [6, 6.07) is -1.87. The zero-order chi connectivity index (χ0) is 22.6. The van der Waals surface area contributed by atoms with Gasteiger partial charge in [-0.15, -0.1) is 11.8 Å². The van der Waals surface area contributed by atoms with Crippen LogP contribution in [0, 0.1) is 63.7 Å². The van der Waals surface area contributed by atoms with Crippen LogP contribution in [-0.2, 0) is 31.5 Å². The molecule has 9 heteroatoms. The van der Waals surface area contributed by atoms with Crippen molar-refractivity contribution in [2.45, 2.75) is 55.3 Å². The number of carboxylic acid groups (broad SMARTS) is 1. The molecule has 2 saturated carbocycles. The smallest absolute Gasteiger partial charge is 0.862 e. The van der Waals surface area contributed by atoms with Gasteiger partial charge in [0.15, 0.2) is 6.04 Å². The quantitative estimate of drug-likeness (QED) is 0.214. The molecule has 7 nitrogen and oxygen atoms in total. The van der Waals surface area contributed by atoms with Crippen LogP contribution in [0.25, 0.3) is 0 Å². The van der Waals surface area contributed by atoms with E-state index in [1.165, 1.54) is 16.7 Å². The van der Waals surface area contributed by atoms with Gasteiger partial charge in [-0.3, -0.25) is 14.6 Å². The predicted molar refractivity (Wildman–Crippen MR) is 113 cm³/mol. The van der Waals surface area contributed by atoms with E-state index >= 15 is 0 Å². The van der Waals surface area contributed by atoms with Crippen molar-refractivity contribution in [1.82, 2.24) is 4.90 Å². The topological polar surface area (TPSA) is 113 Å². The molecule has 4 fully saturated rings. The number of hydrogen-bond donors (Lipinski definition) is 0. The van der Waals surface area contributed by atoms with E-state index < -0.39 is 40.0 Å². The van der Waals surface area contributed by atoms with Crippen LogP contribution in [0.3, 0.4) is 0 Å². The van der Waals surface area contributed by atoms with Gasteiger partial charge in [-0.2, -0.15) is 0 Å². The van der Waals surface area contributed by atoms with Gasteiger partial charge in [-0.25, -0.2) is 0 Å². The molecule has 2 heterocycles. The summed E-state index contributed by atoms with van der Waals surface area (Å²) in [6.45, 7) is 3.47. The average Bonchev–Trinajstić information content (AvgIpc) is 3.47. The number of amides is 1. The Bertz CT molecular complexity index is 712. The van der Waals surface area contributed by atoms with Crippen molar-refractivity contribution >= 4 is 35.3 Å². The van der Waals surface area contributed by atoms with Crippen molar-refractivity contribution in [2.75, 3.05) is 0 Å². The second-order valence-electron chi connectivity index (χ2n) is 7.96. The molecular weight excluding hydrogens is 472 g/mol. The van der Waals surface area contributed by atoms with Gasteiger partial charge in [-0.05, 0) is 90.4 Å². The molecule has 4 rings (SSSR count). The Balaban J connectivity index is 0.000000534. The molecule has 0 aromatic carbocycles. The Morgan fingerprint density at radius 3 is 2.12 bits per heavy atom. The number of Topliss-reactive ketones (excluding diaryl/α,β-unsaturated/α-hetero) is 1. The Labute approximate surface area is 205 Å². The molecule has 170 valence electrons. The summed E-state index contributed by atoms with van der Waals surface area (Å²) < 4.78 is -0.696. The number of aliphatic carboxylic acids is 1. The van der Waals surface area contributed by atoms with E-state index in [9.17, 15) is 24.6 Å². The number of rotatable bonds is 7. The summed E-state index contributed by atoms with van der Waals surface area (Å²) >= 11 is 1.32. The third kappa shape index (κ3) is 6.29. The minimum atomic E-state index is -1.30. The van der Waals surface area contributed by atoms with Crippen molar-refractivity contribution < 1.29 is 41.7 Å². The second-order valence-corrected chi connectivity index (χ2v) is 9.73. The minimum Gasteiger partial charge on any atom is -0.862 e. The van der Waals surface area contributed by atoms with E-state index in [2.05, 4.69) is 4.99 Å². The number of β-lactam (4-membered cyclic amide) rings is 1. The summed E-state index contributed by atoms with van der Waals surface area (Å²) in [7, 11) is 0. The molecule has 1 amide bonds. The third-order valence-corrected chi connectivity index (χ3v) is 6.81. The van der Waals surface area contributed by atoms with E-state index in [-0.39, 0.29) is 35.7 Å². The number of carboxylic acids is 1. The van der Waals surface area contributed by atoms with Gasteiger partial charge in [-0.1, -0.05) is 0 Å². The molecule has 32 heavy (non-hydrogen) atoms. The first-order valence-corrected chi connectivity index (χ1v) is 11.0. The van der Waals surface area contributed by atoms with Crippen molar-refractivity contribution in [3.63, 3.8) is 0 Å². The molecule has 2 aliphatic heterocycles. The van der Waals surface area contributed by atoms with Gasteiger partial charge in [0.05, 0.1) is 12.0 Å². The Hall–Kier alpha value is -1.05. The number of thioether (sulfide) groups is 1. The molecule has 0 bridgehead atoms. The molecular formula is C23H24FeN2O5S. The first kappa shape index (κ1) is 27.2. The van der Waals surface area contributed by atoms with Gasteiger partial charge in [0.25, 0.3) is 5.91 Å². The van der Waals surface area contributed by atoms with Crippen molar-refractivity contribution in [1.29, 1.82) is 0 Å². The van der Waals surface area contributed by atoms with E-state index in [0.717, 1.165) is 0 Å². The molecule has 2 saturated heterocycles. The van der Waals surface area contributed by atoms with Crippen molar-refractivity contribution in [2.24, 2.45) is 4.99 Å². The number of hydrogen-bond acceptors (Lipinski definition) is 7. The van der Waals surface area contributed by atoms with Crippen LogP contribution in [0.5, 0.6) is 0 Å². The average molecular weight is 496 g/mol. The fraction of sp³-hybridized carbons (Fsp3) is 0.391. The zero-order valence-electron chi connectivity index (χ0n) is 17.7. The minimum absolute atomic E-state index is 0. The van der Waals surface area contributed by atoms with E-state index in [1.54, 1.807) is 39.5 Å². The first-order chi connectivity index (χ1) is 14.7. The van der Waals surface area contributed by atoms with E-state index in [1.807, 2.05) is 32.1 Å². The normalized spacial score (nSPS) is 28.9. The number of ketones is 1. The van der Waals surface area contributed by atoms with Crippen molar-refractivity contribution in [3.8, 4) is 0 Å². The maximum absolute atomic E-state index is 12.2. The number of aliphatic imine (C=N–C) groups is 1. The van der Waals surface area contributed by atoms with Gasteiger partial charge in [0.1, 0.15) is 11.2 Å². The van der Waals surface area contributed by atoms with Crippen LogP contribution >= 0.6 is 11.8 Å². The summed E-state index contributed by atoms with van der Waals surface area (Å²) in [5.74, 6) is -1.60. The Kier molecular flexibility index (Phi) is 10.1. The van der Waals surface area contributed by atoms with E-state index in [4.69, 9.17) is 0 Å². The number of fused-ring (bicyclic) bond motifs is 1. The fourth-order valence-corrected chi connectivity index (χ4v) is 5.34.